The molecule has 0 radical (unpaired) electrons. The van der Waals surface area contributed by atoms with Gasteiger partial charge in [-0.2, -0.15) is 5.10 Å². The van der Waals surface area contributed by atoms with Gasteiger partial charge in [0.1, 0.15) is 5.75 Å². The largest absolute Gasteiger partial charge is 0.493 e. The number of aromatic amines is 1. The fourth-order valence-electron chi connectivity index (χ4n) is 2.90. The summed E-state index contributed by atoms with van der Waals surface area (Å²) >= 11 is 0. The molecule has 1 aromatic carbocycles. The highest BCUT2D eigenvalue weighted by Crippen LogP contribution is 2.27. The Morgan fingerprint density at radius 2 is 2.25 bits per heavy atom. The number of rotatable bonds is 1. The van der Waals surface area contributed by atoms with Gasteiger partial charge in [0.15, 0.2) is 0 Å². The van der Waals surface area contributed by atoms with Crippen molar-refractivity contribution in [3.63, 3.8) is 0 Å². The Kier molecular flexibility index (Phi) is 2.52. The summed E-state index contributed by atoms with van der Waals surface area (Å²) in [5.41, 5.74) is 4.16. The van der Waals surface area contributed by atoms with E-state index in [1.54, 1.807) is 0 Å². The molecule has 102 valence electrons. The number of nitrogens with zero attached hydrogens (tertiary/aromatic N) is 2. The van der Waals surface area contributed by atoms with E-state index in [1.807, 2.05) is 29.3 Å². The SMILES string of the molecule is O=C(c1ccc2c(c1)CCO2)N1CCc2[nH]ncc2C1. The minimum absolute atomic E-state index is 0.0894. The Balaban J connectivity index is 1.59. The zero-order valence-corrected chi connectivity index (χ0v) is 11.1. The molecule has 0 spiro atoms. The summed E-state index contributed by atoms with van der Waals surface area (Å²) in [7, 11) is 0. The Bertz CT molecular complexity index is 678. The lowest BCUT2D eigenvalue weighted by Gasteiger charge is -2.26. The van der Waals surface area contributed by atoms with E-state index in [0.717, 1.165) is 54.1 Å². The molecule has 0 fully saturated rings. The predicted octanol–water partition coefficient (Wildman–Crippen LogP) is 1.54. The molecule has 0 bridgehead atoms. The second-order valence-electron chi connectivity index (χ2n) is 5.27. The monoisotopic (exact) mass is 269 g/mol. The smallest absolute Gasteiger partial charge is 0.254 e. The van der Waals surface area contributed by atoms with Crippen molar-refractivity contribution in [3.8, 4) is 5.75 Å². The first kappa shape index (κ1) is 11.5. The Morgan fingerprint density at radius 3 is 3.20 bits per heavy atom. The number of benzene rings is 1. The van der Waals surface area contributed by atoms with Crippen LogP contribution >= 0.6 is 0 Å². The van der Waals surface area contributed by atoms with E-state index in [9.17, 15) is 4.79 Å². The number of H-pyrrole nitrogens is 1. The summed E-state index contributed by atoms with van der Waals surface area (Å²) in [4.78, 5) is 14.5. The highest BCUT2D eigenvalue weighted by molar-refractivity contribution is 5.94. The quantitative estimate of drug-likeness (QED) is 0.854. The van der Waals surface area contributed by atoms with E-state index >= 15 is 0 Å². The van der Waals surface area contributed by atoms with E-state index in [2.05, 4.69) is 10.2 Å². The fourth-order valence-corrected chi connectivity index (χ4v) is 2.90. The molecular weight excluding hydrogens is 254 g/mol. The summed E-state index contributed by atoms with van der Waals surface area (Å²) in [6.07, 6.45) is 3.54. The van der Waals surface area contributed by atoms with Gasteiger partial charge >= 0.3 is 0 Å². The average molecular weight is 269 g/mol. The van der Waals surface area contributed by atoms with Crippen LogP contribution in [0.1, 0.15) is 27.2 Å². The molecule has 1 amide bonds. The van der Waals surface area contributed by atoms with Crippen molar-refractivity contribution < 1.29 is 9.53 Å². The van der Waals surface area contributed by atoms with Crippen molar-refractivity contribution in [1.29, 1.82) is 0 Å². The molecule has 1 N–H and O–H groups in total. The van der Waals surface area contributed by atoms with E-state index in [4.69, 9.17) is 4.74 Å². The van der Waals surface area contributed by atoms with Crippen LogP contribution in [0, 0.1) is 0 Å². The predicted molar refractivity (Wildman–Crippen MR) is 72.7 cm³/mol. The number of fused-ring (bicyclic) bond motifs is 2. The maximum absolute atomic E-state index is 12.6. The number of hydrogen-bond acceptors (Lipinski definition) is 3. The third kappa shape index (κ3) is 1.78. The van der Waals surface area contributed by atoms with Crippen LogP contribution in [-0.2, 0) is 19.4 Å². The molecule has 5 heteroatoms. The van der Waals surface area contributed by atoms with Crippen molar-refractivity contribution in [2.45, 2.75) is 19.4 Å². The van der Waals surface area contributed by atoms with Crippen molar-refractivity contribution in [3.05, 3.63) is 46.8 Å². The average Bonchev–Trinajstić information content (AvgIpc) is 3.13. The zero-order chi connectivity index (χ0) is 13.5. The van der Waals surface area contributed by atoms with Crippen molar-refractivity contribution >= 4 is 5.91 Å². The molecule has 0 aliphatic carbocycles. The molecule has 0 saturated carbocycles. The van der Waals surface area contributed by atoms with Gasteiger partial charge in [-0.05, 0) is 23.8 Å². The van der Waals surface area contributed by atoms with Crippen LogP contribution < -0.4 is 4.74 Å². The van der Waals surface area contributed by atoms with Crippen LogP contribution in [0.25, 0.3) is 0 Å². The molecule has 4 rings (SSSR count). The second kappa shape index (κ2) is 4.37. The summed E-state index contributed by atoms with van der Waals surface area (Å²) in [5, 5.41) is 7.02. The van der Waals surface area contributed by atoms with Gasteiger partial charge in [0.05, 0.1) is 12.8 Å². The highest BCUT2D eigenvalue weighted by Gasteiger charge is 2.24. The van der Waals surface area contributed by atoms with Crippen LogP contribution in [0.3, 0.4) is 0 Å². The van der Waals surface area contributed by atoms with Gasteiger partial charge in [-0.25, -0.2) is 0 Å². The number of aromatic nitrogens is 2. The maximum atomic E-state index is 12.6. The first-order valence-electron chi connectivity index (χ1n) is 6.87. The number of carbonyl (C=O) groups is 1. The number of nitrogens with one attached hydrogen (secondary N) is 1. The lowest BCUT2D eigenvalue weighted by Crippen LogP contribution is -2.35. The van der Waals surface area contributed by atoms with Crippen LogP contribution in [0.4, 0.5) is 0 Å². The van der Waals surface area contributed by atoms with Crippen LogP contribution in [0.2, 0.25) is 0 Å². The second-order valence-corrected chi connectivity index (χ2v) is 5.27. The summed E-state index contributed by atoms with van der Waals surface area (Å²) in [5.74, 6) is 1.00. The summed E-state index contributed by atoms with van der Waals surface area (Å²) in [6.45, 7) is 2.09. The molecular formula is C15H15N3O2. The number of ether oxygens (including phenoxy) is 1. The van der Waals surface area contributed by atoms with Crippen LogP contribution in [0.15, 0.2) is 24.4 Å². The Morgan fingerprint density at radius 1 is 1.30 bits per heavy atom. The molecule has 2 aliphatic rings. The Hall–Kier alpha value is -2.30. The van der Waals surface area contributed by atoms with E-state index in [1.165, 1.54) is 0 Å². The molecule has 0 unspecified atom stereocenters. The lowest BCUT2D eigenvalue weighted by molar-refractivity contribution is 0.0734. The van der Waals surface area contributed by atoms with Gasteiger partial charge in [0, 0.05) is 42.8 Å². The molecule has 2 aromatic rings. The lowest BCUT2D eigenvalue weighted by atomic mass is 10.0. The van der Waals surface area contributed by atoms with Gasteiger partial charge in [-0.1, -0.05) is 0 Å². The first-order valence-corrected chi connectivity index (χ1v) is 6.87. The normalized spacial score (nSPS) is 16.5. The maximum Gasteiger partial charge on any atom is 0.254 e. The molecule has 1 aromatic heterocycles. The van der Waals surface area contributed by atoms with Crippen molar-refractivity contribution in [2.75, 3.05) is 13.2 Å². The fraction of sp³-hybridized carbons (Fsp3) is 0.333. The summed E-state index contributed by atoms with van der Waals surface area (Å²) < 4.78 is 5.48. The first-order chi connectivity index (χ1) is 9.81. The van der Waals surface area contributed by atoms with Gasteiger partial charge in [0.25, 0.3) is 5.91 Å². The van der Waals surface area contributed by atoms with Gasteiger partial charge in [0.2, 0.25) is 0 Å². The van der Waals surface area contributed by atoms with Crippen LogP contribution in [0.5, 0.6) is 5.75 Å². The van der Waals surface area contributed by atoms with E-state index < -0.39 is 0 Å². The zero-order valence-electron chi connectivity index (χ0n) is 11.1. The van der Waals surface area contributed by atoms with E-state index in [0.29, 0.717) is 6.54 Å². The molecule has 0 saturated heterocycles. The molecule has 5 nitrogen and oxygen atoms in total. The van der Waals surface area contributed by atoms with Gasteiger partial charge < -0.3 is 9.64 Å². The third-order valence-electron chi connectivity index (χ3n) is 4.02. The number of amides is 1. The number of carbonyl (C=O) groups excluding carboxylic acids is 1. The van der Waals surface area contributed by atoms with E-state index in [-0.39, 0.29) is 5.91 Å². The third-order valence-corrected chi connectivity index (χ3v) is 4.02. The van der Waals surface area contributed by atoms with Gasteiger partial charge in [-0.3, -0.25) is 9.89 Å². The van der Waals surface area contributed by atoms with Crippen molar-refractivity contribution in [2.24, 2.45) is 0 Å². The minimum atomic E-state index is 0.0894. The molecule has 0 atom stereocenters. The standard InChI is InChI=1S/C15H15N3O2/c19-15(11-1-2-14-10(7-11)4-6-20-14)18-5-3-13-12(9-18)8-16-17-13/h1-2,7-8H,3-6,9H2,(H,16,17). The Labute approximate surface area is 116 Å². The minimum Gasteiger partial charge on any atom is -0.493 e. The molecule has 2 aliphatic heterocycles. The van der Waals surface area contributed by atoms with Crippen molar-refractivity contribution in [1.82, 2.24) is 15.1 Å². The van der Waals surface area contributed by atoms with Gasteiger partial charge in [-0.15, -0.1) is 0 Å². The number of hydrogen-bond donors (Lipinski definition) is 1. The summed E-state index contributed by atoms with van der Waals surface area (Å²) in [6, 6.07) is 5.73. The molecule has 20 heavy (non-hydrogen) atoms. The topological polar surface area (TPSA) is 58.2 Å². The van der Waals surface area contributed by atoms with Crippen LogP contribution in [-0.4, -0.2) is 34.2 Å². The highest BCUT2D eigenvalue weighted by atomic mass is 16.5. The molecule has 3 heterocycles.